The van der Waals surface area contributed by atoms with Crippen LogP contribution in [-0.4, -0.2) is 35.0 Å². The molecule has 0 saturated carbocycles. The Morgan fingerprint density at radius 1 is 1.18 bits per heavy atom. The number of nitrogens with zero attached hydrogens (tertiary/aromatic N) is 2. The third-order valence-corrected chi connectivity index (χ3v) is 6.41. The Labute approximate surface area is 130 Å². The lowest BCUT2D eigenvalue weighted by atomic mass is 9.97. The number of aliphatic hydroxyl groups is 1. The molecule has 2 atom stereocenters. The smallest absolute Gasteiger partial charge is 0.243 e. The molecule has 2 aromatic rings. The van der Waals surface area contributed by atoms with Crippen molar-refractivity contribution in [1.82, 2.24) is 8.87 Å². The van der Waals surface area contributed by atoms with Crippen molar-refractivity contribution in [3.8, 4) is 0 Å². The van der Waals surface area contributed by atoms with Gasteiger partial charge in [-0.2, -0.15) is 4.31 Å². The number of likely N-dealkylation sites (N-methyl/N-ethyl adjacent to an activating group) is 1. The molecule has 5 nitrogen and oxygen atoms in total. The van der Waals surface area contributed by atoms with Crippen molar-refractivity contribution in [3.63, 3.8) is 0 Å². The second kappa shape index (κ2) is 5.53. The van der Waals surface area contributed by atoms with Crippen LogP contribution in [0.15, 0.2) is 47.5 Å². The van der Waals surface area contributed by atoms with Crippen LogP contribution in [0.5, 0.6) is 0 Å². The first-order valence-electron chi connectivity index (χ1n) is 7.36. The second-order valence-corrected chi connectivity index (χ2v) is 7.43. The normalized spacial score (nSPS) is 24.1. The summed E-state index contributed by atoms with van der Waals surface area (Å²) in [5.41, 5.74) is 1.49. The highest BCUT2D eigenvalue weighted by Crippen LogP contribution is 2.37. The molecule has 0 unspecified atom stereocenters. The first kappa shape index (κ1) is 15.3. The zero-order valence-electron chi connectivity index (χ0n) is 12.7. The van der Waals surface area contributed by atoms with Crippen LogP contribution in [0, 0.1) is 0 Å². The lowest BCUT2D eigenvalue weighted by molar-refractivity contribution is 0.0808. The summed E-state index contributed by atoms with van der Waals surface area (Å²) < 4.78 is 29.0. The Kier molecular flexibility index (Phi) is 3.84. The maximum atomic E-state index is 12.8. The number of benzene rings is 1. The number of aromatic nitrogens is 1. The molecule has 0 saturated heterocycles. The summed E-state index contributed by atoms with van der Waals surface area (Å²) in [5, 5.41) is 10.7. The third kappa shape index (κ3) is 2.27. The molecule has 1 aromatic heterocycles. The van der Waals surface area contributed by atoms with Gasteiger partial charge in [0.1, 0.15) is 0 Å². The van der Waals surface area contributed by atoms with Gasteiger partial charge < -0.3 is 9.67 Å². The molecule has 3 rings (SSSR count). The average molecular weight is 320 g/mol. The lowest BCUT2D eigenvalue weighted by Gasteiger charge is -2.38. The molecular weight excluding hydrogens is 300 g/mol. The number of aliphatic hydroxyl groups excluding tert-OH is 1. The van der Waals surface area contributed by atoms with Gasteiger partial charge in [0.2, 0.25) is 10.0 Å². The van der Waals surface area contributed by atoms with Crippen LogP contribution in [-0.2, 0) is 23.5 Å². The standard InChI is InChI=1S/C16H20N2O3S/c1-3-18-14(11-12-7-6-10-17(12)2)16(19)13-8-4-5-9-15(13)22(18,20)21/h4-10,14,16,19H,3,11H2,1-2H3/t14-,16+/m0/s1. The number of hydrogen-bond donors (Lipinski definition) is 1. The fraction of sp³-hybridized carbons (Fsp3) is 0.375. The van der Waals surface area contributed by atoms with Crippen LogP contribution < -0.4 is 0 Å². The van der Waals surface area contributed by atoms with Crippen LogP contribution in [0.4, 0.5) is 0 Å². The van der Waals surface area contributed by atoms with E-state index in [1.807, 2.05) is 29.9 Å². The van der Waals surface area contributed by atoms with Crippen LogP contribution in [0.3, 0.4) is 0 Å². The Hall–Kier alpha value is -1.63. The summed E-state index contributed by atoms with van der Waals surface area (Å²) in [4.78, 5) is 0.215. The van der Waals surface area contributed by atoms with Gasteiger partial charge in [0.15, 0.2) is 0 Å². The number of fused-ring (bicyclic) bond motifs is 1. The van der Waals surface area contributed by atoms with Crippen molar-refractivity contribution < 1.29 is 13.5 Å². The van der Waals surface area contributed by atoms with Gasteiger partial charge >= 0.3 is 0 Å². The molecule has 6 heteroatoms. The predicted molar refractivity (Wildman–Crippen MR) is 83.9 cm³/mol. The maximum Gasteiger partial charge on any atom is 0.243 e. The molecule has 1 aromatic carbocycles. The highest BCUT2D eigenvalue weighted by atomic mass is 32.2. The highest BCUT2D eigenvalue weighted by molar-refractivity contribution is 7.89. The number of rotatable bonds is 3. The lowest BCUT2D eigenvalue weighted by Crippen LogP contribution is -2.49. The predicted octanol–water partition coefficient (Wildman–Crippen LogP) is 1.69. The Morgan fingerprint density at radius 2 is 1.91 bits per heavy atom. The van der Waals surface area contributed by atoms with E-state index in [0.717, 1.165) is 5.69 Å². The van der Waals surface area contributed by atoms with Crippen molar-refractivity contribution in [2.45, 2.75) is 30.4 Å². The Bertz CT molecular complexity index is 782. The molecule has 1 aliphatic heterocycles. The summed E-state index contributed by atoms with van der Waals surface area (Å²) in [6.07, 6.45) is 1.57. The van der Waals surface area contributed by atoms with E-state index in [-0.39, 0.29) is 4.90 Å². The van der Waals surface area contributed by atoms with Gasteiger partial charge in [-0.05, 0) is 18.2 Å². The van der Waals surface area contributed by atoms with Crippen molar-refractivity contribution in [2.24, 2.45) is 7.05 Å². The van der Waals surface area contributed by atoms with E-state index in [1.54, 1.807) is 31.2 Å². The molecule has 0 amide bonds. The minimum atomic E-state index is -3.57. The minimum absolute atomic E-state index is 0.215. The monoisotopic (exact) mass is 320 g/mol. The third-order valence-electron chi connectivity index (χ3n) is 4.34. The van der Waals surface area contributed by atoms with Crippen LogP contribution in [0.1, 0.15) is 24.3 Å². The van der Waals surface area contributed by atoms with Crippen LogP contribution in [0.2, 0.25) is 0 Å². The van der Waals surface area contributed by atoms with E-state index in [1.165, 1.54) is 4.31 Å². The summed E-state index contributed by atoms with van der Waals surface area (Å²) in [6.45, 7) is 2.14. The summed E-state index contributed by atoms with van der Waals surface area (Å²) in [7, 11) is -1.65. The van der Waals surface area contributed by atoms with Gasteiger partial charge in [-0.15, -0.1) is 0 Å². The van der Waals surface area contributed by atoms with E-state index in [9.17, 15) is 13.5 Å². The first-order valence-corrected chi connectivity index (χ1v) is 8.80. The summed E-state index contributed by atoms with van der Waals surface area (Å²) in [6, 6.07) is 10.1. The maximum absolute atomic E-state index is 12.8. The van der Waals surface area contributed by atoms with E-state index in [4.69, 9.17) is 0 Å². The zero-order valence-corrected chi connectivity index (χ0v) is 13.5. The molecule has 1 aliphatic rings. The molecule has 0 aliphatic carbocycles. The molecule has 1 N–H and O–H groups in total. The SMILES string of the molecule is CCN1[C@@H](Cc2cccn2C)[C@H](O)c2ccccc2S1(=O)=O. The number of sulfonamides is 1. The summed E-state index contributed by atoms with van der Waals surface area (Å²) in [5.74, 6) is 0. The van der Waals surface area contributed by atoms with Gasteiger partial charge in [-0.25, -0.2) is 8.42 Å². The molecule has 22 heavy (non-hydrogen) atoms. The fourth-order valence-electron chi connectivity index (χ4n) is 3.17. The van der Waals surface area contributed by atoms with Gasteiger partial charge in [0.05, 0.1) is 17.0 Å². The minimum Gasteiger partial charge on any atom is -0.387 e. The van der Waals surface area contributed by atoms with Crippen LogP contribution in [0.25, 0.3) is 0 Å². The second-order valence-electron chi connectivity index (χ2n) is 5.57. The Balaban J connectivity index is 2.09. The quantitative estimate of drug-likeness (QED) is 0.936. The van der Waals surface area contributed by atoms with Gasteiger partial charge in [-0.1, -0.05) is 25.1 Å². The van der Waals surface area contributed by atoms with E-state index < -0.39 is 22.2 Å². The van der Waals surface area contributed by atoms with Crippen LogP contribution >= 0.6 is 0 Å². The van der Waals surface area contributed by atoms with Gasteiger partial charge in [-0.3, -0.25) is 0 Å². The van der Waals surface area contributed by atoms with Gasteiger partial charge in [0, 0.05) is 37.5 Å². The zero-order chi connectivity index (χ0) is 15.9. The molecule has 0 radical (unpaired) electrons. The van der Waals surface area contributed by atoms with E-state index in [0.29, 0.717) is 18.5 Å². The van der Waals surface area contributed by atoms with Crippen molar-refractivity contribution in [2.75, 3.05) is 6.54 Å². The molecule has 0 spiro atoms. The fourth-order valence-corrected chi connectivity index (χ4v) is 5.05. The number of hydrogen-bond acceptors (Lipinski definition) is 3. The van der Waals surface area contributed by atoms with Gasteiger partial charge in [0.25, 0.3) is 0 Å². The Morgan fingerprint density at radius 3 is 2.55 bits per heavy atom. The molecule has 0 fully saturated rings. The molecule has 2 heterocycles. The van der Waals surface area contributed by atoms with Crippen molar-refractivity contribution >= 4 is 10.0 Å². The van der Waals surface area contributed by atoms with Crippen molar-refractivity contribution in [3.05, 3.63) is 53.9 Å². The van der Waals surface area contributed by atoms with E-state index >= 15 is 0 Å². The first-order chi connectivity index (χ1) is 10.5. The topological polar surface area (TPSA) is 62.5 Å². The molecule has 118 valence electrons. The number of aryl methyl sites for hydroxylation is 1. The highest BCUT2D eigenvalue weighted by Gasteiger charge is 2.42. The molecular formula is C16H20N2O3S. The largest absolute Gasteiger partial charge is 0.387 e. The van der Waals surface area contributed by atoms with E-state index in [2.05, 4.69) is 0 Å². The van der Waals surface area contributed by atoms with Crippen molar-refractivity contribution in [1.29, 1.82) is 0 Å². The summed E-state index contributed by atoms with van der Waals surface area (Å²) >= 11 is 0. The molecule has 0 bridgehead atoms. The average Bonchev–Trinajstić information content (AvgIpc) is 2.90.